The van der Waals surface area contributed by atoms with Crippen LogP contribution in [0.5, 0.6) is 0 Å². The summed E-state index contributed by atoms with van der Waals surface area (Å²) in [6, 6.07) is 9.91. The predicted octanol–water partition coefficient (Wildman–Crippen LogP) is 5.86. The Bertz CT molecular complexity index is 1480. The number of methoxy groups -OCH3 is 1. The molecule has 0 bridgehead atoms. The second kappa shape index (κ2) is 14.4. The summed E-state index contributed by atoms with van der Waals surface area (Å²) in [5, 5.41) is 2.53. The molecule has 0 radical (unpaired) electrons. The fraction of sp³-hybridized carbons (Fsp3) is 0.333. The molecule has 0 aliphatic carbocycles. The van der Waals surface area contributed by atoms with Gasteiger partial charge in [-0.15, -0.1) is 0 Å². The number of amides is 1. The van der Waals surface area contributed by atoms with Gasteiger partial charge < -0.3 is 24.6 Å². The van der Waals surface area contributed by atoms with Gasteiger partial charge in [-0.3, -0.25) is 9.59 Å². The molecule has 9 nitrogen and oxygen atoms in total. The molecule has 0 spiro atoms. The Labute approximate surface area is 254 Å². The molecule has 1 aromatic heterocycles. The van der Waals surface area contributed by atoms with Crippen molar-refractivity contribution in [3.05, 3.63) is 89.1 Å². The number of alkyl halides is 6. The number of halogens is 6. The Morgan fingerprint density at radius 3 is 2.24 bits per heavy atom. The van der Waals surface area contributed by atoms with E-state index in [1.54, 1.807) is 41.3 Å². The number of esters is 1. The number of aromatic nitrogens is 2. The van der Waals surface area contributed by atoms with Crippen molar-refractivity contribution in [2.45, 2.75) is 25.3 Å². The fourth-order valence-corrected chi connectivity index (χ4v) is 4.36. The number of carbonyl (C=O) groups is 2. The zero-order valence-electron chi connectivity index (χ0n) is 24.0. The van der Waals surface area contributed by atoms with Gasteiger partial charge in [0.2, 0.25) is 5.95 Å². The Kier molecular flexibility index (Phi) is 10.6. The molecule has 1 fully saturated rings. The summed E-state index contributed by atoms with van der Waals surface area (Å²) in [7, 11) is 1.23. The van der Waals surface area contributed by atoms with Crippen LogP contribution in [0.15, 0.2) is 66.9 Å². The van der Waals surface area contributed by atoms with Gasteiger partial charge in [0.15, 0.2) is 0 Å². The first-order chi connectivity index (χ1) is 21.3. The van der Waals surface area contributed by atoms with Crippen molar-refractivity contribution in [1.82, 2.24) is 14.9 Å². The van der Waals surface area contributed by atoms with Gasteiger partial charge in [-0.25, -0.2) is 4.98 Å². The van der Waals surface area contributed by atoms with Crippen molar-refractivity contribution in [2.24, 2.45) is 0 Å². The number of benzene rings is 2. The van der Waals surface area contributed by atoms with E-state index in [4.69, 9.17) is 4.74 Å². The lowest BCUT2D eigenvalue weighted by Gasteiger charge is -2.28. The van der Waals surface area contributed by atoms with Crippen molar-refractivity contribution in [3.63, 3.8) is 0 Å². The minimum atomic E-state index is -5.08. The van der Waals surface area contributed by atoms with Crippen LogP contribution in [0.4, 0.5) is 43.8 Å². The van der Waals surface area contributed by atoms with Crippen LogP contribution in [-0.4, -0.2) is 66.7 Å². The summed E-state index contributed by atoms with van der Waals surface area (Å²) in [6.07, 6.45) is -5.96. The maximum Gasteiger partial charge on any atom is 0.416 e. The summed E-state index contributed by atoms with van der Waals surface area (Å²) in [5.74, 6) is -1.35. The van der Waals surface area contributed by atoms with Crippen molar-refractivity contribution in [1.29, 1.82) is 0 Å². The Morgan fingerprint density at radius 2 is 1.64 bits per heavy atom. The summed E-state index contributed by atoms with van der Waals surface area (Å²) >= 11 is 0. The number of nitrogens with zero attached hydrogens (tertiary/aromatic N) is 4. The molecule has 2 aromatic carbocycles. The van der Waals surface area contributed by atoms with E-state index in [0.29, 0.717) is 38.4 Å². The summed E-state index contributed by atoms with van der Waals surface area (Å²) < 4.78 is 91.5. The lowest BCUT2D eigenvalue weighted by Crippen LogP contribution is -2.37. The van der Waals surface area contributed by atoms with Gasteiger partial charge in [0.05, 0.1) is 37.9 Å². The smallest absolute Gasteiger partial charge is 0.416 e. The molecule has 1 saturated heterocycles. The number of morpholine rings is 1. The highest BCUT2D eigenvalue weighted by atomic mass is 19.4. The number of carbonyl (C=O) groups excluding carboxylic acids is 2. The molecule has 15 heteroatoms. The number of ether oxygens (including phenoxy) is 2. The predicted molar refractivity (Wildman–Crippen MR) is 152 cm³/mol. The second-order valence-electron chi connectivity index (χ2n) is 9.87. The average Bonchev–Trinajstić information content (AvgIpc) is 3.02. The van der Waals surface area contributed by atoms with Gasteiger partial charge in [-0.2, -0.15) is 31.3 Å². The summed E-state index contributed by atoms with van der Waals surface area (Å²) in [6.45, 7) is 1.52. The number of nitrogens with one attached hydrogen (secondary N) is 1. The van der Waals surface area contributed by atoms with Gasteiger partial charge in [-0.1, -0.05) is 42.5 Å². The fourth-order valence-electron chi connectivity index (χ4n) is 4.36. The SMILES string of the molecule is COC(=O)C/C=C/CN(Cc1ccccc1)C(=O)c1cnc(N2CCOCC2)nc1Nc1cc(C(F)(F)F)cc(C(F)(F)F)c1. The van der Waals surface area contributed by atoms with Gasteiger partial charge in [0.1, 0.15) is 11.4 Å². The molecule has 1 amide bonds. The second-order valence-corrected chi connectivity index (χ2v) is 9.87. The largest absolute Gasteiger partial charge is 0.469 e. The maximum absolute atomic E-state index is 14.0. The normalized spacial score (nSPS) is 14.0. The molecule has 2 heterocycles. The maximum atomic E-state index is 14.0. The van der Waals surface area contributed by atoms with E-state index in [1.165, 1.54) is 24.3 Å². The summed E-state index contributed by atoms with van der Waals surface area (Å²) in [5.41, 5.74) is -3.10. The lowest BCUT2D eigenvalue weighted by molar-refractivity contribution is -0.143. The van der Waals surface area contributed by atoms with Crippen LogP contribution in [0.2, 0.25) is 0 Å². The highest BCUT2D eigenvalue weighted by Gasteiger charge is 2.37. The zero-order chi connectivity index (χ0) is 32.6. The number of hydrogen-bond acceptors (Lipinski definition) is 8. The average molecular weight is 638 g/mol. The quantitative estimate of drug-likeness (QED) is 0.168. The van der Waals surface area contributed by atoms with E-state index < -0.39 is 41.0 Å². The Balaban J connectivity index is 1.76. The number of anilines is 3. The summed E-state index contributed by atoms with van der Waals surface area (Å²) in [4.78, 5) is 37.2. The van der Waals surface area contributed by atoms with Crippen LogP contribution in [0.3, 0.4) is 0 Å². The van der Waals surface area contributed by atoms with E-state index in [1.807, 2.05) is 0 Å². The van der Waals surface area contributed by atoms with Crippen LogP contribution in [0, 0.1) is 0 Å². The standard InChI is InChI=1S/C30H29F6N5O4/c1-44-25(42)9-5-6-10-41(19-20-7-3-2-4-8-20)27(43)24-18-37-28(40-11-13-45-14-12-40)39-26(24)38-23-16-21(29(31,32)33)15-22(17-23)30(34,35)36/h2-8,15-18H,9-14,19H2,1H3,(H,37,38,39)/b6-5+. The van der Waals surface area contributed by atoms with E-state index >= 15 is 0 Å². The van der Waals surface area contributed by atoms with Crippen LogP contribution in [-0.2, 0) is 33.2 Å². The minimum Gasteiger partial charge on any atom is -0.469 e. The first-order valence-electron chi connectivity index (χ1n) is 13.7. The lowest BCUT2D eigenvalue weighted by atomic mass is 10.1. The zero-order valence-corrected chi connectivity index (χ0v) is 24.0. The molecule has 45 heavy (non-hydrogen) atoms. The highest BCUT2D eigenvalue weighted by Crippen LogP contribution is 2.38. The third kappa shape index (κ3) is 9.17. The molecule has 0 atom stereocenters. The van der Waals surface area contributed by atoms with Crippen molar-refractivity contribution in [2.75, 3.05) is 50.2 Å². The van der Waals surface area contributed by atoms with E-state index in [9.17, 15) is 35.9 Å². The molecule has 1 N–H and O–H groups in total. The molecule has 4 rings (SSSR count). The third-order valence-electron chi connectivity index (χ3n) is 6.66. The van der Waals surface area contributed by atoms with E-state index in [-0.39, 0.29) is 42.9 Å². The first kappa shape index (κ1) is 33.2. The van der Waals surface area contributed by atoms with Crippen LogP contribution in [0.1, 0.15) is 33.5 Å². The van der Waals surface area contributed by atoms with Crippen molar-refractivity contribution >= 4 is 29.3 Å². The molecule has 0 unspecified atom stereocenters. The van der Waals surface area contributed by atoms with Gasteiger partial charge in [0.25, 0.3) is 5.91 Å². The van der Waals surface area contributed by atoms with E-state index in [2.05, 4.69) is 20.0 Å². The van der Waals surface area contributed by atoms with Gasteiger partial charge >= 0.3 is 18.3 Å². The van der Waals surface area contributed by atoms with E-state index in [0.717, 1.165) is 5.56 Å². The molecule has 1 aliphatic rings. The van der Waals surface area contributed by atoms with Crippen LogP contribution < -0.4 is 10.2 Å². The Hall–Kier alpha value is -4.66. The topological polar surface area (TPSA) is 96.9 Å². The molecule has 1 aliphatic heterocycles. The molecule has 240 valence electrons. The van der Waals surface area contributed by atoms with Gasteiger partial charge in [0, 0.05) is 38.1 Å². The van der Waals surface area contributed by atoms with Crippen LogP contribution >= 0.6 is 0 Å². The molecular formula is C30H29F6N5O4. The van der Waals surface area contributed by atoms with Crippen molar-refractivity contribution < 1.29 is 45.4 Å². The number of rotatable bonds is 10. The third-order valence-corrected chi connectivity index (χ3v) is 6.66. The first-order valence-corrected chi connectivity index (χ1v) is 13.7. The molecule has 3 aromatic rings. The molecule has 0 saturated carbocycles. The van der Waals surface area contributed by atoms with Crippen molar-refractivity contribution in [3.8, 4) is 0 Å². The highest BCUT2D eigenvalue weighted by molar-refractivity contribution is 5.99. The molecular weight excluding hydrogens is 608 g/mol. The van der Waals surface area contributed by atoms with Crippen LogP contribution in [0.25, 0.3) is 0 Å². The van der Waals surface area contributed by atoms with Gasteiger partial charge in [-0.05, 0) is 23.8 Å². The Morgan fingerprint density at radius 1 is 1.00 bits per heavy atom. The minimum absolute atomic E-state index is 0.00282. The monoisotopic (exact) mass is 637 g/mol. The number of hydrogen-bond donors (Lipinski definition) is 1.